The largest absolute Gasteiger partial charge is 0.350 e. The lowest BCUT2D eigenvalue weighted by Gasteiger charge is -2.21. The maximum absolute atomic E-state index is 12.2. The zero-order valence-corrected chi connectivity index (χ0v) is 14.8. The second kappa shape index (κ2) is 7.97. The molecule has 4 N–H and O–H groups in total. The summed E-state index contributed by atoms with van der Waals surface area (Å²) in [6.07, 6.45) is 0. The fourth-order valence-electron chi connectivity index (χ4n) is 1.84. The van der Waals surface area contributed by atoms with Gasteiger partial charge in [0, 0.05) is 29.4 Å². The normalized spacial score (nSPS) is 12.4. The van der Waals surface area contributed by atoms with Crippen molar-refractivity contribution in [2.75, 3.05) is 18.9 Å². The van der Waals surface area contributed by atoms with Gasteiger partial charge in [0.1, 0.15) is 0 Å². The molecule has 128 valence electrons. The van der Waals surface area contributed by atoms with Crippen molar-refractivity contribution in [2.45, 2.75) is 46.2 Å². The molecule has 0 aliphatic heterocycles. The van der Waals surface area contributed by atoms with Gasteiger partial charge in [-0.05, 0) is 59.4 Å². The highest BCUT2D eigenvalue weighted by atomic mass is 16.2. The molecular formula is C17H28N4O2. The first-order chi connectivity index (χ1) is 10.6. The van der Waals surface area contributed by atoms with Crippen LogP contribution in [-0.2, 0) is 0 Å². The highest BCUT2D eigenvalue weighted by Gasteiger charge is 2.15. The number of anilines is 1. The topological polar surface area (TPSA) is 82.3 Å². The van der Waals surface area contributed by atoms with Crippen molar-refractivity contribution in [3.63, 3.8) is 0 Å². The molecule has 1 unspecified atom stereocenters. The van der Waals surface area contributed by atoms with E-state index in [1.165, 1.54) is 0 Å². The first-order valence-electron chi connectivity index (χ1n) is 7.77. The fraction of sp³-hybridized carbons (Fsp3) is 0.529. The third-order valence-corrected chi connectivity index (χ3v) is 3.30. The minimum atomic E-state index is -0.323. The molecule has 0 fully saturated rings. The third kappa shape index (κ3) is 6.69. The summed E-state index contributed by atoms with van der Waals surface area (Å²) in [6, 6.07) is 5.17. The predicted molar refractivity (Wildman–Crippen MR) is 93.9 cm³/mol. The Labute approximate surface area is 138 Å². The van der Waals surface area contributed by atoms with Gasteiger partial charge in [-0.25, -0.2) is 4.79 Å². The van der Waals surface area contributed by atoms with Crippen LogP contribution in [0.4, 0.5) is 10.5 Å². The van der Waals surface area contributed by atoms with E-state index in [1.54, 1.807) is 12.1 Å². The Morgan fingerprint density at radius 1 is 1.22 bits per heavy atom. The van der Waals surface area contributed by atoms with Crippen LogP contribution in [0.25, 0.3) is 0 Å². The van der Waals surface area contributed by atoms with E-state index in [0.717, 1.165) is 5.56 Å². The molecule has 1 rings (SSSR count). The molecule has 6 nitrogen and oxygen atoms in total. The SMILES string of the molecule is CNC(C)CNC(=O)c1ccc(C)c(NC(=O)NC(C)(C)C)c1. The van der Waals surface area contributed by atoms with Crippen LogP contribution in [0.15, 0.2) is 18.2 Å². The number of urea groups is 1. The van der Waals surface area contributed by atoms with Crippen molar-refractivity contribution in [3.05, 3.63) is 29.3 Å². The number of likely N-dealkylation sites (N-methyl/N-ethyl adjacent to an activating group) is 1. The van der Waals surface area contributed by atoms with Crippen LogP contribution in [0, 0.1) is 6.92 Å². The highest BCUT2D eigenvalue weighted by Crippen LogP contribution is 2.17. The Balaban J connectivity index is 2.79. The van der Waals surface area contributed by atoms with Crippen molar-refractivity contribution in [1.29, 1.82) is 0 Å². The Kier molecular flexibility index (Phi) is 6.57. The van der Waals surface area contributed by atoms with Crippen LogP contribution in [0.3, 0.4) is 0 Å². The fourth-order valence-corrected chi connectivity index (χ4v) is 1.84. The molecule has 0 saturated carbocycles. The molecule has 3 amide bonds. The van der Waals surface area contributed by atoms with Crippen LogP contribution >= 0.6 is 0 Å². The average Bonchev–Trinajstić information content (AvgIpc) is 2.44. The van der Waals surface area contributed by atoms with Gasteiger partial charge >= 0.3 is 6.03 Å². The van der Waals surface area contributed by atoms with Crippen LogP contribution in [0.2, 0.25) is 0 Å². The second-order valence-electron chi connectivity index (χ2n) is 6.76. The van der Waals surface area contributed by atoms with E-state index in [9.17, 15) is 9.59 Å². The summed E-state index contributed by atoms with van der Waals surface area (Å²) in [7, 11) is 1.85. The van der Waals surface area contributed by atoms with Crippen LogP contribution in [-0.4, -0.2) is 37.1 Å². The molecular weight excluding hydrogens is 292 g/mol. The van der Waals surface area contributed by atoms with E-state index in [0.29, 0.717) is 17.8 Å². The van der Waals surface area contributed by atoms with Crippen molar-refractivity contribution < 1.29 is 9.59 Å². The zero-order valence-electron chi connectivity index (χ0n) is 14.8. The van der Waals surface area contributed by atoms with Gasteiger partial charge in [0.2, 0.25) is 0 Å². The minimum absolute atomic E-state index is 0.161. The van der Waals surface area contributed by atoms with Gasteiger partial charge in [0.25, 0.3) is 5.91 Å². The Hall–Kier alpha value is -2.08. The van der Waals surface area contributed by atoms with Gasteiger partial charge in [-0.3, -0.25) is 4.79 Å². The summed E-state index contributed by atoms with van der Waals surface area (Å²) in [4.78, 5) is 24.2. The lowest BCUT2D eigenvalue weighted by Crippen LogP contribution is -2.43. The summed E-state index contributed by atoms with van der Waals surface area (Å²) in [5.74, 6) is -0.161. The molecule has 1 aromatic rings. The zero-order chi connectivity index (χ0) is 17.6. The molecule has 0 heterocycles. The maximum atomic E-state index is 12.2. The minimum Gasteiger partial charge on any atom is -0.350 e. The first kappa shape index (κ1) is 19.0. The summed E-state index contributed by atoms with van der Waals surface area (Å²) >= 11 is 0. The van der Waals surface area contributed by atoms with Gasteiger partial charge in [-0.2, -0.15) is 0 Å². The highest BCUT2D eigenvalue weighted by molar-refractivity contribution is 5.97. The van der Waals surface area contributed by atoms with Gasteiger partial charge in [-0.1, -0.05) is 6.07 Å². The summed E-state index contributed by atoms with van der Waals surface area (Å²) in [5.41, 5.74) is 1.72. The Bertz CT molecular complexity index is 564. The number of rotatable bonds is 5. The Morgan fingerprint density at radius 3 is 2.43 bits per heavy atom. The molecule has 0 radical (unpaired) electrons. The number of amides is 3. The Morgan fingerprint density at radius 2 is 1.87 bits per heavy atom. The number of hydrogen-bond donors (Lipinski definition) is 4. The number of hydrogen-bond acceptors (Lipinski definition) is 3. The molecule has 23 heavy (non-hydrogen) atoms. The summed E-state index contributed by atoms with van der Waals surface area (Å²) in [6.45, 7) is 10.1. The quantitative estimate of drug-likeness (QED) is 0.671. The van der Waals surface area contributed by atoms with Crippen molar-refractivity contribution in [1.82, 2.24) is 16.0 Å². The van der Waals surface area contributed by atoms with Crippen LogP contribution in [0.5, 0.6) is 0 Å². The number of benzene rings is 1. The molecule has 0 bridgehead atoms. The summed E-state index contributed by atoms with van der Waals surface area (Å²) < 4.78 is 0. The number of carbonyl (C=O) groups is 2. The van der Waals surface area contributed by atoms with Gasteiger partial charge in [-0.15, -0.1) is 0 Å². The first-order valence-corrected chi connectivity index (χ1v) is 7.77. The van der Waals surface area contributed by atoms with E-state index in [2.05, 4.69) is 21.3 Å². The van der Waals surface area contributed by atoms with Crippen LogP contribution in [0.1, 0.15) is 43.6 Å². The van der Waals surface area contributed by atoms with Gasteiger partial charge in [0.15, 0.2) is 0 Å². The number of nitrogens with one attached hydrogen (secondary N) is 4. The van der Waals surface area contributed by atoms with Gasteiger partial charge < -0.3 is 21.3 Å². The third-order valence-electron chi connectivity index (χ3n) is 3.30. The molecule has 0 aliphatic rings. The van der Waals surface area contributed by atoms with Crippen molar-refractivity contribution in [3.8, 4) is 0 Å². The number of aryl methyl sites for hydroxylation is 1. The standard InChI is InChI=1S/C17H28N4O2/c1-11-7-8-13(15(22)19-10-12(2)18-6)9-14(11)20-16(23)21-17(3,4)5/h7-9,12,18H,10H2,1-6H3,(H,19,22)(H2,20,21,23). The predicted octanol–water partition coefficient (Wildman–Crippen LogP) is 2.25. The lowest BCUT2D eigenvalue weighted by atomic mass is 10.1. The van der Waals surface area contributed by atoms with Crippen molar-refractivity contribution >= 4 is 17.6 Å². The molecule has 0 aliphatic carbocycles. The van der Waals surface area contributed by atoms with E-state index >= 15 is 0 Å². The molecule has 1 atom stereocenters. The summed E-state index contributed by atoms with van der Waals surface area (Å²) in [5, 5.41) is 11.5. The van der Waals surface area contributed by atoms with Crippen LogP contribution < -0.4 is 21.3 Å². The van der Waals surface area contributed by atoms with E-state index < -0.39 is 0 Å². The molecule has 0 aromatic heterocycles. The second-order valence-corrected chi connectivity index (χ2v) is 6.76. The molecule has 0 saturated heterocycles. The van der Waals surface area contributed by atoms with Gasteiger partial charge in [0.05, 0.1) is 0 Å². The van der Waals surface area contributed by atoms with E-state index in [-0.39, 0.29) is 23.5 Å². The number of carbonyl (C=O) groups excluding carboxylic acids is 2. The smallest absolute Gasteiger partial charge is 0.319 e. The maximum Gasteiger partial charge on any atom is 0.319 e. The monoisotopic (exact) mass is 320 g/mol. The lowest BCUT2D eigenvalue weighted by molar-refractivity contribution is 0.0950. The van der Waals surface area contributed by atoms with E-state index in [1.807, 2.05) is 47.7 Å². The van der Waals surface area contributed by atoms with E-state index in [4.69, 9.17) is 0 Å². The molecule has 0 spiro atoms. The molecule has 6 heteroatoms. The molecule has 1 aromatic carbocycles. The average molecular weight is 320 g/mol. The van der Waals surface area contributed by atoms with Crippen molar-refractivity contribution in [2.24, 2.45) is 0 Å².